The molecule has 1 rings (SSSR count). The summed E-state index contributed by atoms with van der Waals surface area (Å²) in [6.45, 7) is 0.253. The number of rotatable bonds is 2. The van der Waals surface area contributed by atoms with E-state index in [2.05, 4.69) is 4.98 Å². The van der Waals surface area contributed by atoms with Gasteiger partial charge in [0.25, 0.3) is 0 Å². The van der Waals surface area contributed by atoms with Gasteiger partial charge in [0.15, 0.2) is 0 Å². The second kappa shape index (κ2) is 3.30. The Hall–Kier alpha value is -1.16. The Morgan fingerprint density at radius 1 is 1.73 bits per heavy atom. The highest BCUT2D eigenvalue weighted by molar-refractivity contribution is 5.27. The van der Waals surface area contributed by atoms with Crippen molar-refractivity contribution in [1.82, 2.24) is 4.98 Å². The summed E-state index contributed by atoms with van der Waals surface area (Å²) in [6, 6.07) is 1.26. The van der Waals surface area contributed by atoms with Crippen molar-refractivity contribution in [2.45, 2.75) is 6.54 Å². The third-order valence-corrected chi connectivity index (χ3v) is 1.31. The van der Waals surface area contributed by atoms with Gasteiger partial charge in [-0.25, -0.2) is 4.39 Å². The fourth-order valence-corrected chi connectivity index (χ4v) is 0.779. The first kappa shape index (κ1) is 7.94. The second-order valence-electron chi connectivity index (χ2n) is 2.01. The van der Waals surface area contributed by atoms with Crippen molar-refractivity contribution in [1.29, 1.82) is 0 Å². The van der Waals surface area contributed by atoms with Crippen LogP contribution in [-0.4, -0.2) is 12.1 Å². The Balaban J connectivity index is 3.06. The molecule has 3 nitrogen and oxygen atoms in total. The van der Waals surface area contributed by atoms with Crippen molar-refractivity contribution < 1.29 is 9.13 Å². The molecule has 60 valence electrons. The number of ether oxygens (including phenoxy) is 1. The maximum absolute atomic E-state index is 12.5. The summed E-state index contributed by atoms with van der Waals surface area (Å²) in [5.41, 5.74) is 5.88. The van der Waals surface area contributed by atoms with Crippen molar-refractivity contribution in [3.8, 4) is 5.75 Å². The zero-order valence-electron chi connectivity index (χ0n) is 6.17. The summed E-state index contributed by atoms with van der Waals surface area (Å²) >= 11 is 0. The number of hydrogen-bond acceptors (Lipinski definition) is 3. The monoisotopic (exact) mass is 156 g/mol. The largest absolute Gasteiger partial charge is 0.495 e. The number of pyridine rings is 1. The van der Waals surface area contributed by atoms with E-state index in [0.29, 0.717) is 11.4 Å². The molecule has 0 aliphatic carbocycles. The fourth-order valence-electron chi connectivity index (χ4n) is 0.779. The normalized spacial score (nSPS) is 9.73. The predicted octanol–water partition coefficient (Wildman–Crippen LogP) is 0.688. The molecule has 0 unspecified atom stereocenters. The van der Waals surface area contributed by atoms with Crippen LogP contribution < -0.4 is 10.5 Å². The molecule has 0 spiro atoms. The van der Waals surface area contributed by atoms with Gasteiger partial charge in [-0.3, -0.25) is 4.98 Å². The number of halogens is 1. The first-order valence-electron chi connectivity index (χ1n) is 3.16. The summed E-state index contributed by atoms with van der Waals surface area (Å²) in [6.07, 6.45) is 1.12. The number of aromatic nitrogens is 1. The van der Waals surface area contributed by atoms with Crippen LogP contribution in [-0.2, 0) is 6.54 Å². The lowest BCUT2D eigenvalue weighted by atomic mass is 10.3. The molecule has 0 saturated carbocycles. The molecule has 0 radical (unpaired) electrons. The maximum atomic E-state index is 12.5. The molecule has 1 aromatic rings. The SMILES string of the molecule is COc1cc(F)cnc1CN. The van der Waals surface area contributed by atoms with Crippen molar-refractivity contribution in [3.05, 3.63) is 23.8 Å². The minimum Gasteiger partial charge on any atom is -0.495 e. The van der Waals surface area contributed by atoms with Crippen molar-refractivity contribution >= 4 is 0 Å². The first-order chi connectivity index (χ1) is 5.27. The van der Waals surface area contributed by atoms with Gasteiger partial charge in [0.1, 0.15) is 11.6 Å². The lowest BCUT2D eigenvalue weighted by molar-refractivity contribution is 0.402. The molecule has 0 atom stereocenters. The summed E-state index contributed by atoms with van der Waals surface area (Å²) in [4.78, 5) is 3.74. The van der Waals surface area contributed by atoms with E-state index in [0.717, 1.165) is 6.20 Å². The number of methoxy groups -OCH3 is 1. The van der Waals surface area contributed by atoms with Crippen LogP contribution in [0.15, 0.2) is 12.3 Å². The molecule has 0 aliphatic heterocycles. The molecule has 0 aliphatic rings. The molecule has 1 aromatic heterocycles. The van der Waals surface area contributed by atoms with Crippen molar-refractivity contribution in [2.24, 2.45) is 5.73 Å². The Kier molecular flexibility index (Phi) is 2.38. The third kappa shape index (κ3) is 1.65. The third-order valence-electron chi connectivity index (χ3n) is 1.31. The highest BCUT2D eigenvalue weighted by atomic mass is 19.1. The number of hydrogen-bond donors (Lipinski definition) is 1. The van der Waals surface area contributed by atoms with Crippen LogP contribution in [0.3, 0.4) is 0 Å². The molecule has 1 heterocycles. The quantitative estimate of drug-likeness (QED) is 0.685. The number of nitrogens with zero attached hydrogens (tertiary/aromatic N) is 1. The van der Waals surface area contributed by atoms with E-state index >= 15 is 0 Å². The molecule has 2 N–H and O–H groups in total. The second-order valence-corrected chi connectivity index (χ2v) is 2.01. The molecular weight excluding hydrogens is 147 g/mol. The van der Waals surface area contributed by atoms with E-state index in [4.69, 9.17) is 10.5 Å². The van der Waals surface area contributed by atoms with E-state index in [1.54, 1.807) is 0 Å². The van der Waals surface area contributed by atoms with Gasteiger partial charge in [-0.05, 0) is 0 Å². The molecule has 0 fully saturated rings. The van der Waals surface area contributed by atoms with Crippen LogP contribution in [0.25, 0.3) is 0 Å². The van der Waals surface area contributed by atoms with Gasteiger partial charge in [-0.1, -0.05) is 0 Å². The van der Waals surface area contributed by atoms with Gasteiger partial charge >= 0.3 is 0 Å². The lowest BCUT2D eigenvalue weighted by Crippen LogP contribution is -2.02. The average Bonchev–Trinajstić information content (AvgIpc) is 2.04. The molecule has 0 amide bonds. The molecule has 0 saturated heterocycles. The average molecular weight is 156 g/mol. The van der Waals surface area contributed by atoms with Gasteiger partial charge in [-0.15, -0.1) is 0 Å². The zero-order valence-corrected chi connectivity index (χ0v) is 6.17. The minimum atomic E-state index is -0.418. The van der Waals surface area contributed by atoms with Crippen LogP contribution in [0.4, 0.5) is 4.39 Å². The van der Waals surface area contributed by atoms with Gasteiger partial charge in [0, 0.05) is 12.6 Å². The van der Waals surface area contributed by atoms with E-state index in [9.17, 15) is 4.39 Å². The Labute approximate surface area is 64.0 Å². The van der Waals surface area contributed by atoms with Crippen molar-refractivity contribution in [2.75, 3.05) is 7.11 Å². The Morgan fingerprint density at radius 3 is 3.00 bits per heavy atom. The summed E-state index contributed by atoms with van der Waals surface area (Å²) < 4.78 is 17.3. The highest BCUT2D eigenvalue weighted by Crippen LogP contribution is 2.15. The molecular formula is C7H9FN2O. The van der Waals surface area contributed by atoms with Crippen LogP contribution in [0.2, 0.25) is 0 Å². The zero-order chi connectivity index (χ0) is 8.27. The highest BCUT2D eigenvalue weighted by Gasteiger charge is 2.02. The van der Waals surface area contributed by atoms with Gasteiger partial charge < -0.3 is 10.5 Å². The lowest BCUT2D eigenvalue weighted by Gasteiger charge is -2.03. The minimum absolute atomic E-state index is 0.253. The summed E-state index contributed by atoms with van der Waals surface area (Å²) in [7, 11) is 1.45. The molecule has 0 bridgehead atoms. The molecule has 11 heavy (non-hydrogen) atoms. The van der Waals surface area contributed by atoms with Gasteiger partial charge in [0.2, 0.25) is 0 Å². The Morgan fingerprint density at radius 2 is 2.45 bits per heavy atom. The standard InChI is InChI=1S/C7H9FN2O/c1-11-7-2-5(8)4-10-6(7)3-9/h2,4H,3,9H2,1H3. The molecule has 4 heteroatoms. The topological polar surface area (TPSA) is 48.1 Å². The molecule has 0 aromatic carbocycles. The van der Waals surface area contributed by atoms with Crippen LogP contribution in [0, 0.1) is 5.82 Å². The van der Waals surface area contributed by atoms with Gasteiger partial charge in [-0.2, -0.15) is 0 Å². The maximum Gasteiger partial charge on any atom is 0.145 e. The van der Waals surface area contributed by atoms with Gasteiger partial charge in [0.05, 0.1) is 19.0 Å². The van der Waals surface area contributed by atoms with Crippen LogP contribution in [0.5, 0.6) is 5.75 Å². The summed E-state index contributed by atoms with van der Waals surface area (Å²) in [5.74, 6) is -0.0217. The van der Waals surface area contributed by atoms with E-state index in [-0.39, 0.29) is 6.54 Å². The smallest absolute Gasteiger partial charge is 0.145 e. The van der Waals surface area contributed by atoms with Crippen LogP contribution >= 0.6 is 0 Å². The van der Waals surface area contributed by atoms with E-state index < -0.39 is 5.82 Å². The van der Waals surface area contributed by atoms with E-state index in [1.165, 1.54) is 13.2 Å². The fraction of sp³-hybridized carbons (Fsp3) is 0.286. The summed E-state index contributed by atoms with van der Waals surface area (Å²) in [5, 5.41) is 0. The first-order valence-corrected chi connectivity index (χ1v) is 3.16. The number of nitrogens with two attached hydrogens (primary N) is 1. The Bertz CT molecular complexity index is 252. The van der Waals surface area contributed by atoms with E-state index in [1.807, 2.05) is 0 Å². The van der Waals surface area contributed by atoms with Crippen LogP contribution in [0.1, 0.15) is 5.69 Å². The predicted molar refractivity (Wildman–Crippen MR) is 38.6 cm³/mol. The van der Waals surface area contributed by atoms with Crippen molar-refractivity contribution in [3.63, 3.8) is 0 Å².